The van der Waals surface area contributed by atoms with Crippen LogP contribution in [0.2, 0.25) is 0 Å². The third-order valence-electron chi connectivity index (χ3n) is 3.75. The normalized spacial score (nSPS) is 10.5. The lowest BCUT2D eigenvalue weighted by atomic mass is 10.2. The molecule has 1 amide bonds. The second-order valence-corrected chi connectivity index (χ2v) is 7.07. The van der Waals surface area contributed by atoms with Crippen molar-refractivity contribution < 1.29 is 13.9 Å². The SMILES string of the molecule is COc1ccc(-n2c(N)c(C(=O)NCc3ccc(F)cc3)sc2=S)cc1. The number of rotatable bonds is 5. The summed E-state index contributed by atoms with van der Waals surface area (Å²) in [5.74, 6) is 0.349. The van der Waals surface area contributed by atoms with Crippen LogP contribution in [0.4, 0.5) is 10.2 Å². The molecular weight excluding hydrogens is 373 g/mol. The van der Waals surface area contributed by atoms with Crippen LogP contribution in [0.25, 0.3) is 5.69 Å². The molecule has 1 aromatic heterocycles. The van der Waals surface area contributed by atoms with E-state index in [0.717, 1.165) is 22.6 Å². The first-order chi connectivity index (χ1) is 12.5. The number of anilines is 1. The van der Waals surface area contributed by atoms with E-state index in [4.69, 9.17) is 22.7 Å². The molecule has 0 spiro atoms. The molecule has 0 aliphatic heterocycles. The summed E-state index contributed by atoms with van der Waals surface area (Å²) in [4.78, 5) is 12.8. The number of carbonyl (C=O) groups is 1. The Labute approximate surface area is 158 Å². The zero-order chi connectivity index (χ0) is 18.7. The van der Waals surface area contributed by atoms with Crippen molar-refractivity contribution in [3.63, 3.8) is 0 Å². The molecule has 0 fully saturated rings. The number of hydrogen-bond donors (Lipinski definition) is 2. The number of benzene rings is 2. The van der Waals surface area contributed by atoms with E-state index < -0.39 is 0 Å². The first-order valence-corrected chi connectivity index (χ1v) is 8.90. The fourth-order valence-electron chi connectivity index (χ4n) is 2.39. The number of nitrogens with zero attached hydrogens (tertiary/aromatic N) is 1. The maximum atomic E-state index is 12.9. The number of amides is 1. The summed E-state index contributed by atoms with van der Waals surface area (Å²) in [5.41, 5.74) is 7.70. The van der Waals surface area contributed by atoms with E-state index in [1.165, 1.54) is 12.1 Å². The molecule has 0 unspecified atom stereocenters. The lowest BCUT2D eigenvalue weighted by molar-refractivity contribution is 0.0955. The summed E-state index contributed by atoms with van der Waals surface area (Å²) in [6.45, 7) is 0.270. The Kier molecular flexibility index (Phi) is 5.34. The molecule has 0 saturated carbocycles. The van der Waals surface area contributed by atoms with Crippen molar-refractivity contribution in [2.75, 3.05) is 12.8 Å². The van der Waals surface area contributed by atoms with Crippen LogP contribution in [0.3, 0.4) is 0 Å². The lowest BCUT2D eigenvalue weighted by Gasteiger charge is -2.08. The number of ether oxygens (including phenoxy) is 1. The van der Waals surface area contributed by atoms with Crippen LogP contribution in [0, 0.1) is 9.77 Å². The van der Waals surface area contributed by atoms with Crippen molar-refractivity contribution in [3.05, 3.63) is 68.7 Å². The molecular formula is C18H16FN3O2S2. The van der Waals surface area contributed by atoms with Gasteiger partial charge >= 0.3 is 0 Å². The highest BCUT2D eigenvalue weighted by molar-refractivity contribution is 7.73. The van der Waals surface area contributed by atoms with Crippen LogP contribution >= 0.6 is 23.6 Å². The van der Waals surface area contributed by atoms with Crippen molar-refractivity contribution >= 4 is 35.3 Å². The monoisotopic (exact) mass is 389 g/mol. The van der Waals surface area contributed by atoms with Gasteiger partial charge in [-0.15, -0.1) is 0 Å². The maximum absolute atomic E-state index is 12.9. The molecule has 26 heavy (non-hydrogen) atoms. The number of nitrogens with two attached hydrogens (primary N) is 1. The van der Waals surface area contributed by atoms with Gasteiger partial charge in [-0.25, -0.2) is 4.39 Å². The Morgan fingerprint density at radius 3 is 2.50 bits per heavy atom. The van der Waals surface area contributed by atoms with Crippen LogP contribution in [-0.4, -0.2) is 17.6 Å². The number of methoxy groups -OCH3 is 1. The second-order valence-electron chi connectivity index (χ2n) is 5.42. The lowest BCUT2D eigenvalue weighted by Crippen LogP contribution is -2.23. The molecule has 0 aliphatic carbocycles. The summed E-state index contributed by atoms with van der Waals surface area (Å²) >= 11 is 6.50. The molecule has 3 aromatic rings. The molecule has 1 heterocycles. The van der Waals surface area contributed by atoms with Crippen LogP contribution in [-0.2, 0) is 6.54 Å². The second kappa shape index (κ2) is 7.67. The van der Waals surface area contributed by atoms with Gasteiger partial charge in [-0.1, -0.05) is 23.5 Å². The number of nitrogen functional groups attached to an aromatic ring is 1. The zero-order valence-corrected chi connectivity index (χ0v) is 15.5. The van der Waals surface area contributed by atoms with Crippen LogP contribution in [0.5, 0.6) is 5.75 Å². The predicted molar refractivity (Wildman–Crippen MR) is 103 cm³/mol. The van der Waals surface area contributed by atoms with E-state index in [9.17, 15) is 9.18 Å². The number of nitrogens with one attached hydrogen (secondary N) is 1. The summed E-state index contributed by atoms with van der Waals surface area (Å²) in [7, 11) is 1.59. The molecule has 3 rings (SSSR count). The van der Waals surface area contributed by atoms with Gasteiger partial charge in [0.25, 0.3) is 5.91 Å². The van der Waals surface area contributed by atoms with E-state index in [-0.39, 0.29) is 24.1 Å². The van der Waals surface area contributed by atoms with Crippen molar-refractivity contribution in [3.8, 4) is 11.4 Å². The van der Waals surface area contributed by atoms with Gasteiger partial charge in [0.2, 0.25) is 0 Å². The molecule has 8 heteroatoms. The molecule has 0 aliphatic rings. The van der Waals surface area contributed by atoms with E-state index in [1.54, 1.807) is 35.9 Å². The predicted octanol–water partition coefficient (Wildman–Crippen LogP) is 3.93. The Morgan fingerprint density at radius 1 is 1.23 bits per heavy atom. The third-order valence-corrected chi connectivity index (χ3v) is 5.14. The number of thiazole rings is 1. The van der Waals surface area contributed by atoms with Gasteiger partial charge in [0.05, 0.1) is 7.11 Å². The smallest absolute Gasteiger partial charge is 0.265 e. The highest BCUT2D eigenvalue weighted by atomic mass is 32.1. The highest BCUT2D eigenvalue weighted by Crippen LogP contribution is 2.27. The largest absolute Gasteiger partial charge is 0.497 e. The van der Waals surface area contributed by atoms with E-state index in [0.29, 0.717) is 14.6 Å². The quantitative estimate of drug-likeness (QED) is 0.649. The first-order valence-electron chi connectivity index (χ1n) is 7.68. The van der Waals surface area contributed by atoms with Gasteiger partial charge in [0.15, 0.2) is 3.95 Å². The maximum Gasteiger partial charge on any atom is 0.265 e. The highest BCUT2D eigenvalue weighted by Gasteiger charge is 2.18. The summed E-state index contributed by atoms with van der Waals surface area (Å²) in [6, 6.07) is 13.1. The molecule has 0 bridgehead atoms. The van der Waals surface area contributed by atoms with Crippen molar-refractivity contribution in [1.29, 1.82) is 0 Å². The topological polar surface area (TPSA) is 69.3 Å². The summed E-state index contributed by atoms with van der Waals surface area (Å²) in [5, 5.41) is 2.78. The first kappa shape index (κ1) is 18.1. The average molecular weight is 389 g/mol. The van der Waals surface area contributed by atoms with Crippen molar-refractivity contribution in [2.24, 2.45) is 0 Å². The minimum Gasteiger partial charge on any atom is -0.497 e. The molecule has 3 N–H and O–H groups in total. The Hall–Kier alpha value is -2.71. The molecule has 0 atom stereocenters. The molecule has 0 radical (unpaired) electrons. The summed E-state index contributed by atoms with van der Waals surface area (Å²) < 4.78 is 20.2. The number of hydrogen-bond acceptors (Lipinski definition) is 5. The fourth-order valence-corrected chi connectivity index (χ4v) is 3.67. The van der Waals surface area contributed by atoms with Gasteiger partial charge < -0.3 is 15.8 Å². The minimum absolute atomic E-state index is 0.270. The van der Waals surface area contributed by atoms with Crippen molar-refractivity contribution in [2.45, 2.75) is 6.54 Å². The Balaban J connectivity index is 1.81. The van der Waals surface area contributed by atoms with E-state index in [1.807, 2.05) is 12.1 Å². The van der Waals surface area contributed by atoms with Gasteiger partial charge in [0, 0.05) is 12.2 Å². The number of halogens is 1. The molecule has 5 nitrogen and oxygen atoms in total. The average Bonchev–Trinajstić information content (AvgIpc) is 2.95. The Bertz CT molecular complexity index is 979. The number of aromatic nitrogens is 1. The standard InChI is InChI=1S/C18H16FN3O2S2/c1-24-14-8-6-13(7-9-14)22-16(20)15(26-18(22)25)17(23)21-10-11-2-4-12(19)5-3-11/h2-9H,10,20H2,1H3,(H,21,23). The van der Waals surface area contributed by atoms with Crippen LogP contribution in [0.1, 0.15) is 15.2 Å². The van der Waals surface area contributed by atoms with Gasteiger partial charge in [0.1, 0.15) is 22.3 Å². The molecule has 2 aromatic carbocycles. The molecule has 0 saturated heterocycles. The van der Waals surface area contributed by atoms with Crippen LogP contribution in [0.15, 0.2) is 48.5 Å². The minimum atomic E-state index is -0.324. The number of carbonyl (C=O) groups excluding carboxylic acids is 1. The Morgan fingerprint density at radius 2 is 1.88 bits per heavy atom. The van der Waals surface area contributed by atoms with Crippen molar-refractivity contribution in [1.82, 2.24) is 9.88 Å². The third kappa shape index (κ3) is 3.76. The molecule has 134 valence electrons. The van der Waals surface area contributed by atoms with Gasteiger partial charge in [-0.05, 0) is 54.2 Å². The van der Waals surface area contributed by atoms with Crippen LogP contribution < -0.4 is 15.8 Å². The summed E-state index contributed by atoms with van der Waals surface area (Å²) in [6.07, 6.45) is 0. The van der Waals surface area contributed by atoms with E-state index in [2.05, 4.69) is 5.32 Å². The fraction of sp³-hybridized carbons (Fsp3) is 0.111. The van der Waals surface area contributed by atoms with Gasteiger partial charge in [-0.3, -0.25) is 9.36 Å². The zero-order valence-electron chi connectivity index (χ0n) is 13.9. The van der Waals surface area contributed by atoms with Gasteiger partial charge in [-0.2, -0.15) is 0 Å². The van der Waals surface area contributed by atoms with E-state index >= 15 is 0 Å².